The van der Waals surface area contributed by atoms with E-state index < -0.39 is 5.60 Å². The van der Waals surface area contributed by atoms with Crippen LogP contribution in [0.1, 0.15) is 28.5 Å². The van der Waals surface area contributed by atoms with Crippen molar-refractivity contribution in [3.63, 3.8) is 0 Å². The highest BCUT2D eigenvalue weighted by Crippen LogP contribution is 2.23. The lowest BCUT2D eigenvalue weighted by Crippen LogP contribution is -2.38. The highest BCUT2D eigenvalue weighted by atomic mass is 35.5. The Hall–Kier alpha value is -2.63. The molecule has 27 heavy (non-hydrogen) atoms. The van der Waals surface area contributed by atoms with Crippen molar-refractivity contribution in [2.24, 2.45) is 7.05 Å². The lowest BCUT2D eigenvalue weighted by atomic mass is 9.96. The van der Waals surface area contributed by atoms with E-state index in [0.717, 1.165) is 11.3 Å². The van der Waals surface area contributed by atoms with Gasteiger partial charge in [-0.2, -0.15) is 5.10 Å². The fraction of sp³-hybridized carbons (Fsp3) is 0.238. The average molecular weight is 384 g/mol. The van der Waals surface area contributed by atoms with Gasteiger partial charge in [-0.05, 0) is 43.2 Å². The Labute approximate surface area is 163 Å². The molecule has 3 rings (SSSR count). The Morgan fingerprint density at radius 3 is 2.44 bits per heavy atom. The molecular formula is C21H22ClN3O2. The zero-order valence-corrected chi connectivity index (χ0v) is 16.3. The Morgan fingerprint density at radius 1 is 1.19 bits per heavy atom. The maximum absolute atomic E-state index is 12.5. The quantitative estimate of drug-likeness (QED) is 0.706. The molecule has 0 aliphatic carbocycles. The number of benzene rings is 2. The van der Waals surface area contributed by atoms with Crippen LogP contribution in [0.5, 0.6) is 0 Å². The molecule has 140 valence electrons. The van der Waals surface area contributed by atoms with E-state index in [1.54, 1.807) is 49.0 Å². The van der Waals surface area contributed by atoms with Crippen LogP contribution in [0.4, 0.5) is 0 Å². The Morgan fingerprint density at radius 2 is 1.81 bits per heavy atom. The van der Waals surface area contributed by atoms with Gasteiger partial charge in [0.2, 0.25) is 0 Å². The molecule has 0 aliphatic rings. The van der Waals surface area contributed by atoms with Crippen LogP contribution in [0.25, 0.3) is 11.3 Å². The number of aromatic nitrogens is 2. The van der Waals surface area contributed by atoms with E-state index in [9.17, 15) is 9.90 Å². The van der Waals surface area contributed by atoms with Crippen molar-refractivity contribution >= 4 is 17.5 Å². The topological polar surface area (TPSA) is 67.2 Å². The molecule has 2 aromatic carbocycles. The zero-order valence-electron chi connectivity index (χ0n) is 15.5. The number of aliphatic hydroxyl groups is 1. The molecular weight excluding hydrogens is 362 g/mol. The standard InChI is InChI=1S/C21H22ClN3O2/c1-14-4-6-15(7-5-14)19-12-18(24-25(19)3)20(26)23-13-21(2,27)16-8-10-17(22)11-9-16/h4-12,27H,13H2,1-3H3,(H,23,26). The summed E-state index contributed by atoms with van der Waals surface area (Å²) >= 11 is 5.88. The van der Waals surface area contributed by atoms with Crippen molar-refractivity contribution < 1.29 is 9.90 Å². The number of aryl methyl sites for hydroxylation is 2. The summed E-state index contributed by atoms with van der Waals surface area (Å²) in [6.07, 6.45) is 0. The first-order chi connectivity index (χ1) is 12.8. The molecule has 1 aromatic heterocycles. The number of rotatable bonds is 5. The van der Waals surface area contributed by atoms with Gasteiger partial charge in [0.15, 0.2) is 5.69 Å². The van der Waals surface area contributed by atoms with Gasteiger partial charge >= 0.3 is 0 Å². The van der Waals surface area contributed by atoms with Crippen LogP contribution in [0, 0.1) is 6.92 Å². The van der Waals surface area contributed by atoms with Gasteiger partial charge in [-0.1, -0.05) is 53.6 Å². The first kappa shape index (κ1) is 19.1. The third kappa shape index (κ3) is 4.38. The molecule has 1 heterocycles. The molecule has 0 radical (unpaired) electrons. The lowest BCUT2D eigenvalue weighted by Gasteiger charge is -2.24. The summed E-state index contributed by atoms with van der Waals surface area (Å²) in [7, 11) is 1.80. The van der Waals surface area contributed by atoms with Crippen molar-refractivity contribution in [1.82, 2.24) is 15.1 Å². The van der Waals surface area contributed by atoms with E-state index in [0.29, 0.717) is 16.3 Å². The molecule has 0 aliphatic heterocycles. The van der Waals surface area contributed by atoms with Gasteiger partial charge in [-0.3, -0.25) is 9.48 Å². The van der Waals surface area contributed by atoms with Gasteiger partial charge in [-0.15, -0.1) is 0 Å². The van der Waals surface area contributed by atoms with Crippen LogP contribution < -0.4 is 5.32 Å². The van der Waals surface area contributed by atoms with E-state index in [-0.39, 0.29) is 12.5 Å². The third-order valence-corrected chi connectivity index (χ3v) is 4.77. The monoisotopic (exact) mass is 383 g/mol. The molecule has 0 fully saturated rings. The molecule has 0 saturated heterocycles. The Kier molecular flexibility index (Phi) is 5.35. The SMILES string of the molecule is Cc1ccc(-c2cc(C(=O)NCC(C)(O)c3ccc(Cl)cc3)nn2C)cc1. The number of amides is 1. The summed E-state index contributed by atoms with van der Waals surface area (Å²) in [4.78, 5) is 12.5. The van der Waals surface area contributed by atoms with E-state index in [4.69, 9.17) is 11.6 Å². The van der Waals surface area contributed by atoms with Crippen molar-refractivity contribution in [1.29, 1.82) is 0 Å². The summed E-state index contributed by atoms with van der Waals surface area (Å²) in [5.41, 5.74) is 2.78. The number of hydrogen-bond acceptors (Lipinski definition) is 3. The summed E-state index contributed by atoms with van der Waals surface area (Å²) in [6.45, 7) is 3.73. The summed E-state index contributed by atoms with van der Waals surface area (Å²) in [6, 6.07) is 16.7. The predicted molar refractivity (Wildman–Crippen MR) is 107 cm³/mol. The van der Waals surface area contributed by atoms with Gasteiger partial charge in [0.1, 0.15) is 5.60 Å². The second kappa shape index (κ2) is 7.55. The number of nitrogens with one attached hydrogen (secondary N) is 1. The van der Waals surface area contributed by atoms with E-state index in [1.807, 2.05) is 31.2 Å². The molecule has 3 aromatic rings. The number of halogens is 1. The molecule has 6 heteroatoms. The normalized spacial score (nSPS) is 13.2. The van der Waals surface area contributed by atoms with Crippen molar-refractivity contribution in [3.8, 4) is 11.3 Å². The fourth-order valence-corrected chi connectivity index (χ4v) is 2.95. The number of nitrogens with zero attached hydrogens (tertiary/aromatic N) is 2. The molecule has 0 spiro atoms. The molecule has 1 atom stereocenters. The van der Waals surface area contributed by atoms with E-state index in [1.165, 1.54) is 5.56 Å². The van der Waals surface area contributed by atoms with Crippen LogP contribution in [-0.4, -0.2) is 27.3 Å². The van der Waals surface area contributed by atoms with Gasteiger partial charge in [0.25, 0.3) is 5.91 Å². The van der Waals surface area contributed by atoms with Crippen molar-refractivity contribution in [3.05, 3.63) is 76.4 Å². The molecule has 2 N–H and O–H groups in total. The molecule has 0 saturated carbocycles. The predicted octanol–water partition coefficient (Wildman–Crippen LogP) is 3.69. The minimum absolute atomic E-state index is 0.0594. The first-order valence-corrected chi connectivity index (χ1v) is 9.02. The first-order valence-electron chi connectivity index (χ1n) is 8.64. The smallest absolute Gasteiger partial charge is 0.271 e. The minimum atomic E-state index is -1.21. The van der Waals surface area contributed by atoms with Crippen LogP contribution >= 0.6 is 11.6 Å². The maximum Gasteiger partial charge on any atom is 0.271 e. The highest BCUT2D eigenvalue weighted by molar-refractivity contribution is 6.30. The molecule has 5 nitrogen and oxygen atoms in total. The molecule has 1 amide bonds. The second-order valence-electron chi connectivity index (χ2n) is 6.87. The van der Waals surface area contributed by atoms with Gasteiger partial charge in [0, 0.05) is 12.1 Å². The zero-order chi connectivity index (χ0) is 19.6. The summed E-state index contributed by atoms with van der Waals surface area (Å²) in [5.74, 6) is -0.335. The van der Waals surface area contributed by atoms with Crippen molar-refractivity contribution in [2.75, 3.05) is 6.54 Å². The Balaban J connectivity index is 1.72. The van der Waals surface area contributed by atoms with Crippen molar-refractivity contribution in [2.45, 2.75) is 19.4 Å². The van der Waals surface area contributed by atoms with Crippen LogP contribution in [-0.2, 0) is 12.6 Å². The number of hydrogen-bond donors (Lipinski definition) is 2. The van der Waals surface area contributed by atoms with Crippen LogP contribution in [0.2, 0.25) is 5.02 Å². The third-order valence-electron chi connectivity index (χ3n) is 4.52. The maximum atomic E-state index is 12.5. The van der Waals surface area contributed by atoms with Gasteiger partial charge in [0.05, 0.1) is 12.2 Å². The average Bonchev–Trinajstić information content (AvgIpc) is 3.03. The number of carbonyl (C=O) groups is 1. The fourth-order valence-electron chi connectivity index (χ4n) is 2.83. The number of carbonyl (C=O) groups excluding carboxylic acids is 1. The van der Waals surface area contributed by atoms with Gasteiger partial charge in [-0.25, -0.2) is 0 Å². The Bertz CT molecular complexity index is 945. The highest BCUT2D eigenvalue weighted by Gasteiger charge is 2.25. The minimum Gasteiger partial charge on any atom is -0.384 e. The molecule has 1 unspecified atom stereocenters. The van der Waals surface area contributed by atoms with E-state index in [2.05, 4.69) is 10.4 Å². The largest absolute Gasteiger partial charge is 0.384 e. The van der Waals surface area contributed by atoms with Crippen LogP contribution in [0.15, 0.2) is 54.6 Å². The molecule has 0 bridgehead atoms. The second-order valence-corrected chi connectivity index (χ2v) is 7.30. The lowest BCUT2D eigenvalue weighted by molar-refractivity contribution is 0.0525. The van der Waals surface area contributed by atoms with E-state index >= 15 is 0 Å². The van der Waals surface area contributed by atoms with Crippen LogP contribution in [0.3, 0.4) is 0 Å². The summed E-state index contributed by atoms with van der Waals surface area (Å²) in [5, 5.41) is 18.3. The summed E-state index contributed by atoms with van der Waals surface area (Å²) < 4.78 is 1.68. The van der Waals surface area contributed by atoms with Gasteiger partial charge < -0.3 is 10.4 Å².